The molecule has 25 heavy (non-hydrogen) atoms. The maximum Gasteiger partial charge on any atom is 0.263 e. The third-order valence-electron chi connectivity index (χ3n) is 3.43. The number of nitrogens with one attached hydrogen (secondary N) is 1. The van der Waals surface area contributed by atoms with Crippen LogP contribution in [0.1, 0.15) is 11.8 Å². The molecule has 2 aromatic rings. The largest absolute Gasteiger partial charge is 0.790 e. The Bertz CT molecular complexity index is 1010. The molecular formula is C12H10N5O7P-2. The van der Waals surface area contributed by atoms with Crippen molar-refractivity contribution in [2.24, 2.45) is 0 Å². The number of aliphatic hydroxyl groups is 1. The molecular weight excluding hydrogens is 357 g/mol. The summed E-state index contributed by atoms with van der Waals surface area (Å²) in [5.74, 6) is -0.567. The minimum absolute atomic E-state index is 0.00329. The maximum atomic E-state index is 12.0. The fourth-order valence-electron chi connectivity index (χ4n) is 2.41. The molecule has 0 aliphatic carbocycles. The number of fused-ring (bicyclic) bond motifs is 1. The normalized spacial score (nSPS) is 20.6. The number of H-pyrrole nitrogens is 1. The zero-order chi connectivity index (χ0) is 18.4. The van der Waals surface area contributed by atoms with Crippen molar-refractivity contribution in [1.82, 2.24) is 14.5 Å². The van der Waals surface area contributed by atoms with Crippen molar-refractivity contribution in [3.8, 4) is 6.07 Å². The predicted molar refractivity (Wildman–Crippen MR) is 77.7 cm³/mol. The van der Waals surface area contributed by atoms with Crippen LogP contribution in [0.5, 0.6) is 0 Å². The van der Waals surface area contributed by atoms with Gasteiger partial charge in [0.15, 0.2) is 11.9 Å². The molecule has 0 fully saturated rings. The lowest BCUT2D eigenvalue weighted by atomic mass is 10.3. The number of phosphoric acid groups is 1. The SMILES string of the molecule is N#Cc1cn(C2C=C(O)C(COP(=O)([O-])[O-])O2)c2nc(N)[nH]c(=O)c12. The number of rotatable bonds is 4. The van der Waals surface area contributed by atoms with Crippen LogP contribution < -0.4 is 21.1 Å². The summed E-state index contributed by atoms with van der Waals surface area (Å²) in [6.45, 7) is -0.719. The van der Waals surface area contributed by atoms with Crippen molar-refractivity contribution < 1.29 is 28.7 Å². The summed E-state index contributed by atoms with van der Waals surface area (Å²) >= 11 is 0. The minimum atomic E-state index is -5.23. The molecule has 0 bridgehead atoms. The Labute approximate surface area is 139 Å². The van der Waals surface area contributed by atoms with Gasteiger partial charge in [-0.1, -0.05) is 0 Å². The van der Waals surface area contributed by atoms with E-state index in [-0.39, 0.29) is 28.3 Å². The highest BCUT2D eigenvalue weighted by Gasteiger charge is 2.30. The average Bonchev–Trinajstić information content (AvgIpc) is 3.04. The average molecular weight is 367 g/mol. The number of aliphatic hydroxyl groups excluding tert-OH is 1. The smallest absolute Gasteiger partial charge is 0.263 e. The third-order valence-corrected chi connectivity index (χ3v) is 3.89. The summed E-state index contributed by atoms with van der Waals surface area (Å²) in [5.41, 5.74) is 4.92. The van der Waals surface area contributed by atoms with Gasteiger partial charge in [-0.3, -0.25) is 9.78 Å². The van der Waals surface area contributed by atoms with Crippen LogP contribution >= 0.6 is 7.82 Å². The molecule has 1 aliphatic heterocycles. The van der Waals surface area contributed by atoms with Gasteiger partial charge in [-0.05, 0) is 0 Å². The van der Waals surface area contributed by atoms with E-state index in [0.717, 1.165) is 0 Å². The van der Waals surface area contributed by atoms with Crippen LogP contribution in [-0.4, -0.2) is 32.4 Å². The van der Waals surface area contributed by atoms with E-state index in [0.29, 0.717) is 0 Å². The van der Waals surface area contributed by atoms with E-state index >= 15 is 0 Å². The first-order chi connectivity index (χ1) is 11.7. The summed E-state index contributed by atoms with van der Waals surface area (Å²) in [4.78, 5) is 39.3. The summed E-state index contributed by atoms with van der Waals surface area (Å²) < 4.78 is 21.3. The van der Waals surface area contributed by atoms with Crippen molar-refractivity contribution in [2.75, 3.05) is 12.3 Å². The molecule has 3 rings (SSSR count). The number of hydrogen-bond acceptors (Lipinski definition) is 10. The molecule has 0 amide bonds. The van der Waals surface area contributed by atoms with E-state index in [1.165, 1.54) is 16.8 Å². The third kappa shape index (κ3) is 3.27. The van der Waals surface area contributed by atoms with Gasteiger partial charge in [0, 0.05) is 12.3 Å². The number of ether oxygens (including phenoxy) is 1. The Morgan fingerprint density at radius 3 is 2.96 bits per heavy atom. The number of nitrogen functional groups attached to an aromatic ring is 1. The molecule has 13 heteroatoms. The molecule has 12 nitrogen and oxygen atoms in total. The molecule has 0 saturated heterocycles. The molecule has 0 radical (unpaired) electrons. The molecule has 4 N–H and O–H groups in total. The number of anilines is 1. The van der Waals surface area contributed by atoms with E-state index in [9.17, 15) is 24.3 Å². The van der Waals surface area contributed by atoms with Crippen molar-refractivity contribution in [1.29, 1.82) is 5.26 Å². The molecule has 0 saturated carbocycles. The van der Waals surface area contributed by atoms with Crippen LogP contribution in [0.3, 0.4) is 0 Å². The van der Waals surface area contributed by atoms with Crippen molar-refractivity contribution >= 4 is 24.8 Å². The number of nitrogens with zero attached hydrogens (tertiary/aromatic N) is 3. The highest BCUT2D eigenvalue weighted by molar-refractivity contribution is 7.43. The Morgan fingerprint density at radius 2 is 2.32 bits per heavy atom. The predicted octanol–water partition coefficient (Wildman–Crippen LogP) is -1.64. The number of phosphoric ester groups is 1. The second-order valence-electron chi connectivity index (χ2n) is 5.06. The van der Waals surface area contributed by atoms with Crippen LogP contribution in [0.4, 0.5) is 5.95 Å². The Hall–Kier alpha value is -2.68. The van der Waals surface area contributed by atoms with Gasteiger partial charge in [-0.2, -0.15) is 10.2 Å². The monoisotopic (exact) mass is 367 g/mol. The van der Waals surface area contributed by atoms with Crippen molar-refractivity contribution in [3.63, 3.8) is 0 Å². The van der Waals surface area contributed by atoms with E-state index in [1.807, 2.05) is 6.07 Å². The Kier molecular flexibility index (Phi) is 4.11. The van der Waals surface area contributed by atoms with E-state index in [2.05, 4.69) is 14.5 Å². The van der Waals surface area contributed by atoms with Crippen LogP contribution in [-0.2, 0) is 13.8 Å². The number of nitrogens with two attached hydrogens (primary N) is 1. The topological polar surface area (TPSA) is 202 Å². The van der Waals surface area contributed by atoms with E-state index < -0.39 is 32.3 Å². The van der Waals surface area contributed by atoms with Crippen LogP contribution in [0.2, 0.25) is 0 Å². The lowest BCUT2D eigenvalue weighted by Crippen LogP contribution is -2.24. The first kappa shape index (κ1) is 17.2. The zero-order valence-corrected chi connectivity index (χ0v) is 13.2. The summed E-state index contributed by atoms with van der Waals surface area (Å²) in [6.07, 6.45) is 0.220. The van der Waals surface area contributed by atoms with Gasteiger partial charge in [0.05, 0.1) is 20.0 Å². The number of nitriles is 1. The second kappa shape index (κ2) is 5.99. The quantitative estimate of drug-likeness (QED) is 0.526. The van der Waals surface area contributed by atoms with Gasteiger partial charge in [0.25, 0.3) is 5.56 Å². The van der Waals surface area contributed by atoms with Gasteiger partial charge in [0.2, 0.25) is 5.95 Å². The lowest BCUT2D eigenvalue weighted by molar-refractivity contribution is -0.342. The maximum absolute atomic E-state index is 12.0. The van der Waals surface area contributed by atoms with Gasteiger partial charge in [-0.15, -0.1) is 0 Å². The first-order valence-corrected chi connectivity index (χ1v) is 8.19. The highest BCUT2D eigenvalue weighted by atomic mass is 31.2. The molecule has 0 spiro atoms. The fraction of sp³-hybridized carbons (Fsp3) is 0.250. The van der Waals surface area contributed by atoms with Crippen LogP contribution in [0.25, 0.3) is 11.0 Å². The molecule has 2 atom stereocenters. The zero-order valence-electron chi connectivity index (χ0n) is 12.3. The molecule has 2 unspecified atom stereocenters. The first-order valence-electron chi connectivity index (χ1n) is 6.73. The fourth-order valence-corrected chi connectivity index (χ4v) is 2.73. The Balaban J connectivity index is 1.97. The van der Waals surface area contributed by atoms with E-state index in [4.69, 9.17) is 15.7 Å². The molecule has 132 valence electrons. The van der Waals surface area contributed by atoms with Gasteiger partial charge in [0.1, 0.15) is 23.3 Å². The summed E-state index contributed by atoms with van der Waals surface area (Å²) in [6, 6.07) is 1.84. The number of aromatic amines is 1. The van der Waals surface area contributed by atoms with Gasteiger partial charge in [-0.25, -0.2) is 0 Å². The van der Waals surface area contributed by atoms with Gasteiger partial charge >= 0.3 is 0 Å². The summed E-state index contributed by atoms with van der Waals surface area (Å²) in [5, 5.41) is 19.0. The Morgan fingerprint density at radius 1 is 1.60 bits per heavy atom. The standard InChI is InChI=1S/C12H12N5O7P/c13-2-5-3-17(10-9(5)11(19)16-12(14)15-10)8-1-6(18)7(24-8)4-23-25(20,21)22/h1,3,7-8,18H,4H2,(H2,20,21,22)(H3,14,15,16,19)/p-2. The van der Waals surface area contributed by atoms with Crippen molar-refractivity contribution in [3.05, 3.63) is 33.9 Å². The lowest BCUT2D eigenvalue weighted by Gasteiger charge is -2.29. The molecule has 2 aromatic heterocycles. The number of aromatic nitrogens is 3. The number of hydrogen-bond donors (Lipinski definition) is 3. The molecule has 1 aliphatic rings. The summed E-state index contributed by atoms with van der Waals surface area (Å²) in [7, 11) is -5.23. The van der Waals surface area contributed by atoms with Crippen LogP contribution in [0.15, 0.2) is 22.8 Å². The molecule has 3 heterocycles. The van der Waals surface area contributed by atoms with Crippen molar-refractivity contribution in [2.45, 2.75) is 12.3 Å². The second-order valence-corrected chi connectivity index (χ2v) is 6.21. The van der Waals surface area contributed by atoms with Crippen LogP contribution in [0, 0.1) is 11.3 Å². The minimum Gasteiger partial charge on any atom is -0.790 e. The molecule has 0 aromatic carbocycles. The highest BCUT2D eigenvalue weighted by Crippen LogP contribution is 2.32. The van der Waals surface area contributed by atoms with Gasteiger partial charge < -0.3 is 39.0 Å². The van der Waals surface area contributed by atoms with E-state index in [1.54, 1.807) is 0 Å².